The number of aryl methyl sites for hydroxylation is 1. The lowest BCUT2D eigenvalue weighted by molar-refractivity contribution is 0.843. The lowest BCUT2D eigenvalue weighted by atomic mass is 10.2. The summed E-state index contributed by atoms with van der Waals surface area (Å²) in [4.78, 5) is 8.73. The lowest BCUT2D eigenvalue weighted by Gasteiger charge is -2.02. The van der Waals surface area contributed by atoms with Gasteiger partial charge in [-0.15, -0.1) is 0 Å². The minimum absolute atomic E-state index is 0.545. The Labute approximate surface area is 105 Å². The van der Waals surface area contributed by atoms with Crippen molar-refractivity contribution < 1.29 is 0 Å². The number of hydrogen-bond acceptors (Lipinski definition) is 3. The first-order valence-electron chi connectivity index (χ1n) is 5.85. The zero-order chi connectivity index (χ0) is 12.5. The molecule has 4 heteroatoms. The molecule has 2 N–H and O–H groups in total. The Kier molecular flexibility index (Phi) is 2.48. The molecule has 0 saturated heterocycles. The number of fused-ring (bicyclic) bond motifs is 1. The molecule has 90 valence electrons. The van der Waals surface area contributed by atoms with E-state index in [2.05, 4.69) is 20.6 Å². The van der Waals surface area contributed by atoms with E-state index in [0.29, 0.717) is 5.82 Å². The summed E-state index contributed by atoms with van der Waals surface area (Å²) in [6.07, 6.45) is 2.56. The van der Waals surface area contributed by atoms with Gasteiger partial charge in [0, 0.05) is 19.7 Å². The van der Waals surface area contributed by atoms with Crippen LogP contribution in [0.15, 0.2) is 42.6 Å². The molecule has 0 spiro atoms. The fourth-order valence-electron chi connectivity index (χ4n) is 2.08. The Hall–Kier alpha value is -2.36. The fraction of sp³-hybridized carbons (Fsp3) is 0.143. The highest BCUT2D eigenvalue weighted by Gasteiger charge is 2.07. The third-order valence-electron chi connectivity index (χ3n) is 3.09. The second kappa shape index (κ2) is 4.14. The van der Waals surface area contributed by atoms with Crippen LogP contribution in [0.1, 0.15) is 11.4 Å². The van der Waals surface area contributed by atoms with Crippen molar-refractivity contribution in [1.82, 2.24) is 14.5 Å². The maximum Gasteiger partial charge on any atom is 0.123 e. The third-order valence-corrected chi connectivity index (χ3v) is 3.09. The number of benzene rings is 1. The van der Waals surface area contributed by atoms with E-state index in [1.807, 2.05) is 37.4 Å². The average Bonchev–Trinajstić information content (AvgIpc) is 2.70. The van der Waals surface area contributed by atoms with Crippen molar-refractivity contribution in [3.8, 4) is 0 Å². The molecule has 0 radical (unpaired) electrons. The molecular formula is C14H14N4. The molecule has 2 aromatic heterocycles. The van der Waals surface area contributed by atoms with E-state index in [0.717, 1.165) is 28.8 Å². The van der Waals surface area contributed by atoms with Crippen LogP contribution in [0, 0.1) is 0 Å². The van der Waals surface area contributed by atoms with Gasteiger partial charge in [0.15, 0.2) is 0 Å². The van der Waals surface area contributed by atoms with E-state index in [-0.39, 0.29) is 0 Å². The maximum absolute atomic E-state index is 5.58. The highest BCUT2D eigenvalue weighted by atomic mass is 15.1. The topological polar surface area (TPSA) is 56.7 Å². The summed E-state index contributed by atoms with van der Waals surface area (Å²) < 4.78 is 2.12. The van der Waals surface area contributed by atoms with Crippen LogP contribution in [0.25, 0.3) is 11.0 Å². The molecule has 0 saturated carbocycles. The van der Waals surface area contributed by atoms with E-state index in [1.54, 1.807) is 6.20 Å². The average molecular weight is 238 g/mol. The molecule has 18 heavy (non-hydrogen) atoms. The Morgan fingerprint density at radius 1 is 1.17 bits per heavy atom. The van der Waals surface area contributed by atoms with E-state index < -0.39 is 0 Å². The van der Waals surface area contributed by atoms with Gasteiger partial charge in [0.25, 0.3) is 0 Å². The van der Waals surface area contributed by atoms with Crippen molar-refractivity contribution >= 4 is 16.9 Å². The predicted molar refractivity (Wildman–Crippen MR) is 72.2 cm³/mol. The minimum Gasteiger partial charge on any atom is -0.384 e. The van der Waals surface area contributed by atoms with Gasteiger partial charge in [-0.1, -0.05) is 18.2 Å². The first-order chi connectivity index (χ1) is 8.74. The van der Waals surface area contributed by atoms with Gasteiger partial charge in [0.05, 0.1) is 11.0 Å². The second-order valence-corrected chi connectivity index (χ2v) is 4.34. The van der Waals surface area contributed by atoms with Crippen molar-refractivity contribution in [2.24, 2.45) is 7.05 Å². The van der Waals surface area contributed by atoms with Crippen LogP contribution in [0.5, 0.6) is 0 Å². The highest BCUT2D eigenvalue weighted by molar-refractivity contribution is 5.75. The van der Waals surface area contributed by atoms with E-state index in [1.165, 1.54) is 0 Å². The molecule has 0 amide bonds. The van der Waals surface area contributed by atoms with Gasteiger partial charge in [0.1, 0.15) is 11.6 Å². The largest absolute Gasteiger partial charge is 0.384 e. The van der Waals surface area contributed by atoms with Crippen LogP contribution in [0.4, 0.5) is 5.82 Å². The van der Waals surface area contributed by atoms with Crippen LogP contribution in [0.2, 0.25) is 0 Å². The summed E-state index contributed by atoms with van der Waals surface area (Å²) in [5.41, 5.74) is 8.87. The number of nitrogen functional groups attached to an aromatic ring is 1. The summed E-state index contributed by atoms with van der Waals surface area (Å²) in [6, 6.07) is 11.9. The van der Waals surface area contributed by atoms with Crippen molar-refractivity contribution in [2.45, 2.75) is 6.42 Å². The van der Waals surface area contributed by atoms with E-state index in [9.17, 15) is 0 Å². The van der Waals surface area contributed by atoms with Gasteiger partial charge >= 0.3 is 0 Å². The lowest BCUT2D eigenvalue weighted by Crippen LogP contribution is -2.00. The Morgan fingerprint density at radius 2 is 2.00 bits per heavy atom. The van der Waals surface area contributed by atoms with Crippen LogP contribution in [-0.4, -0.2) is 14.5 Å². The Morgan fingerprint density at radius 3 is 2.72 bits per heavy atom. The number of nitrogens with two attached hydrogens (primary N) is 1. The molecule has 2 heterocycles. The first kappa shape index (κ1) is 10.8. The van der Waals surface area contributed by atoms with Gasteiger partial charge in [-0.2, -0.15) is 0 Å². The quantitative estimate of drug-likeness (QED) is 0.744. The number of imidazole rings is 1. The Balaban J connectivity index is 1.99. The van der Waals surface area contributed by atoms with Crippen molar-refractivity contribution in [1.29, 1.82) is 0 Å². The Bertz CT molecular complexity index is 683. The number of rotatable bonds is 2. The monoisotopic (exact) mass is 238 g/mol. The smallest absolute Gasteiger partial charge is 0.123 e. The van der Waals surface area contributed by atoms with Crippen molar-refractivity contribution in [3.05, 3.63) is 54.0 Å². The number of anilines is 1. The predicted octanol–water partition coefficient (Wildman–Crippen LogP) is 2.14. The van der Waals surface area contributed by atoms with Gasteiger partial charge in [-0.05, 0) is 23.8 Å². The molecule has 3 aromatic rings. The molecule has 4 nitrogen and oxygen atoms in total. The molecule has 1 aromatic carbocycles. The molecule has 0 aliphatic carbocycles. The third kappa shape index (κ3) is 1.82. The number of pyridine rings is 1. The van der Waals surface area contributed by atoms with Crippen LogP contribution >= 0.6 is 0 Å². The second-order valence-electron chi connectivity index (χ2n) is 4.34. The minimum atomic E-state index is 0.545. The summed E-state index contributed by atoms with van der Waals surface area (Å²) in [7, 11) is 2.04. The summed E-state index contributed by atoms with van der Waals surface area (Å²) >= 11 is 0. The van der Waals surface area contributed by atoms with Gasteiger partial charge in [-0.3, -0.25) is 0 Å². The van der Waals surface area contributed by atoms with Crippen molar-refractivity contribution in [3.63, 3.8) is 0 Å². The summed E-state index contributed by atoms with van der Waals surface area (Å²) in [5.74, 6) is 1.58. The normalized spacial score (nSPS) is 10.9. The maximum atomic E-state index is 5.58. The molecule has 0 aliphatic rings. The molecule has 0 aliphatic heterocycles. The van der Waals surface area contributed by atoms with Crippen LogP contribution < -0.4 is 5.73 Å². The molecular weight excluding hydrogens is 224 g/mol. The number of para-hydroxylation sites is 2. The van der Waals surface area contributed by atoms with E-state index in [4.69, 9.17) is 5.73 Å². The van der Waals surface area contributed by atoms with Gasteiger partial charge < -0.3 is 10.3 Å². The fourth-order valence-corrected chi connectivity index (χ4v) is 2.08. The molecule has 0 unspecified atom stereocenters. The summed E-state index contributed by atoms with van der Waals surface area (Å²) in [5, 5.41) is 0. The first-order valence-corrected chi connectivity index (χ1v) is 5.85. The highest BCUT2D eigenvalue weighted by Crippen LogP contribution is 2.16. The number of nitrogens with zero attached hydrogens (tertiary/aromatic N) is 3. The molecule has 0 fully saturated rings. The number of hydrogen-bond donors (Lipinski definition) is 1. The molecule has 3 rings (SSSR count). The van der Waals surface area contributed by atoms with Gasteiger partial charge in [-0.25, -0.2) is 9.97 Å². The van der Waals surface area contributed by atoms with E-state index >= 15 is 0 Å². The van der Waals surface area contributed by atoms with Crippen LogP contribution in [0.3, 0.4) is 0 Å². The van der Waals surface area contributed by atoms with Crippen LogP contribution in [-0.2, 0) is 13.5 Å². The zero-order valence-corrected chi connectivity index (χ0v) is 10.2. The molecule has 0 bridgehead atoms. The SMILES string of the molecule is Cn1c(Cc2ccc(N)nc2)nc2ccccc21. The van der Waals surface area contributed by atoms with Gasteiger partial charge in [0.2, 0.25) is 0 Å². The van der Waals surface area contributed by atoms with Crippen molar-refractivity contribution in [2.75, 3.05) is 5.73 Å². The number of aromatic nitrogens is 3. The molecule has 0 atom stereocenters. The standard InChI is InChI=1S/C14H14N4/c1-18-12-5-3-2-4-11(12)17-14(18)8-10-6-7-13(15)16-9-10/h2-7,9H,8H2,1H3,(H2,15,16). The zero-order valence-electron chi connectivity index (χ0n) is 10.2. The summed E-state index contributed by atoms with van der Waals surface area (Å²) in [6.45, 7) is 0.